The predicted molar refractivity (Wildman–Crippen MR) is 118 cm³/mol. The van der Waals surface area contributed by atoms with Crippen molar-refractivity contribution in [1.82, 2.24) is 5.32 Å². The minimum Gasteiger partial charge on any atom is -0.548 e. The van der Waals surface area contributed by atoms with E-state index in [9.17, 15) is 19.5 Å². The number of rotatable bonds is 8. The number of benzene rings is 3. The van der Waals surface area contributed by atoms with Gasteiger partial charge in [0.2, 0.25) is 0 Å². The van der Waals surface area contributed by atoms with Crippen molar-refractivity contribution in [1.29, 1.82) is 0 Å². The van der Waals surface area contributed by atoms with Crippen LogP contribution in [0.15, 0.2) is 78.9 Å². The topological polar surface area (TPSA) is 105 Å². The van der Waals surface area contributed by atoms with E-state index in [2.05, 4.69) is 5.32 Å². The molecule has 0 fully saturated rings. The Morgan fingerprint density at radius 3 is 2.00 bits per heavy atom. The minimum atomic E-state index is -1.60. The van der Waals surface area contributed by atoms with Crippen LogP contribution in [0.4, 0.5) is 4.79 Å². The molecule has 7 heteroatoms. The SMILES string of the molecule is O=C(CC(NC(=O)OCC1c2ccccc2-c2ccccc21)C(=O)[O-])OCc1ccccc1. The molecule has 0 saturated heterocycles. The molecular weight excluding hydrogens is 422 g/mol. The molecule has 1 amide bonds. The van der Waals surface area contributed by atoms with Crippen LogP contribution in [0, 0.1) is 0 Å². The molecule has 0 heterocycles. The fraction of sp³-hybridized carbons (Fsp3) is 0.192. The highest BCUT2D eigenvalue weighted by molar-refractivity contribution is 5.84. The zero-order chi connectivity index (χ0) is 23.2. The summed E-state index contributed by atoms with van der Waals surface area (Å²) in [6.45, 7) is 0.0302. The van der Waals surface area contributed by atoms with Crippen molar-refractivity contribution in [2.45, 2.75) is 25.0 Å². The lowest BCUT2D eigenvalue weighted by molar-refractivity contribution is -0.308. The Morgan fingerprint density at radius 1 is 0.818 bits per heavy atom. The summed E-state index contributed by atoms with van der Waals surface area (Å²) < 4.78 is 10.4. The number of carboxylic acid groups (broad SMARTS) is 1. The van der Waals surface area contributed by atoms with Gasteiger partial charge in [0.05, 0.1) is 18.4 Å². The summed E-state index contributed by atoms with van der Waals surface area (Å²) in [5, 5.41) is 13.6. The summed E-state index contributed by atoms with van der Waals surface area (Å²) in [5.74, 6) is -2.53. The first-order valence-electron chi connectivity index (χ1n) is 10.5. The smallest absolute Gasteiger partial charge is 0.407 e. The number of fused-ring (bicyclic) bond motifs is 3. The van der Waals surface area contributed by atoms with E-state index in [1.807, 2.05) is 54.6 Å². The highest BCUT2D eigenvalue weighted by Gasteiger charge is 2.29. The molecule has 1 aliphatic rings. The van der Waals surface area contributed by atoms with E-state index in [4.69, 9.17) is 9.47 Å². The number of alkyl carbamates (subject to hydrolysis) is 1. The van der Waals surface area contributed by atoms with Crippen molar-refractivity contribution in [3.05, 3.63) is 95.6 Å². The molecule has 0 aliphatic heterocycles. The number of hydrogen-bond donors (Lipinski definition) is 1. The van der Waals surface area contributed by atoms with E-state index in [0.717, 1.165) is 27.8 Å². The summed E-state index contributed by atoms with van der Waals surface area (Å²) in [5.41, 5.74) is 4.99. The standard InChI is InChI=1S/C26H23NO6/c28-24(32-15-17-8-2-1-3-9-17)14-23(25(29)30)27-26(31)33-16-22-20-12-6-4-10-18(20)19-11-5-7-13-21(19)22/h1-13,22-23H,14-16H2,(H,27,31)(H,29,30)/p-1. The number of nitrogens with one attached hydrogen (secondary N) is 1. The number of carbonyl (C=O) groups excluding carboxylic acids is 3. The van der Waals surface area contributed by atoms with Crippen LogP contribution in [0.1, 0.15) is 29.0 Å². The fourth-order valence-corrected chi connectivity index (χ4v) is 3.94. The molecule has 1 aliphatic carbocycles. The Kier molecular flexibility index (Phi) is 6.69. The second-order valence-electron chi connectivity index (χ2n) is 7.69. The van der Waals surface area contributed by atoms with Gasteiger partial charge in [-0.05, 0) is 27.8 Å². The first-order valence-corrected chi connectivity index (χ1v) is 10.5. The molecular formula is C26H22NO6-. The molecule has 33 heavy (non-hydrogen) atoms. The monoisotopic (exact) mass is 444 g/mol. The number of aliphatic carboxylic acids is 1. The van der Waals surface area contributed by atoms with Gasteiger partial charge in [-0.2, -0.15) is 0 Å². The van der Waals surface area contributed by atoms with Crippen LogP contribution in [0.2, 0.25) is 0 Å². The van der Waals surface area contributed by atoms with Crippen molar-refractivity contribution >= 4 is 18.0 Å². The molecule has 0 radical (unpaired) electrons. The van der Waals surface area contributed by atoms with Gasteiger partial charge in [-0.1, -0.05) is 78.9 Å². The molecule has 1 N–H and O–H groups in total. The summed E-state index contributed by atoms with van der Waals surface area (Å²) in [7, 11) is 0. The molecule has 1 atom stereocenters. The zero-order valence-corrected chi connectivity index (χ0v) is 17.7. The molecule has 0 bridgehead atoms. The number of esters is 1. The van der Waals surface area contributed by atoms with E-state index < -0.39 is 30.5 Å². The van der Waals surface area contributed by atoms with Crippen molar-refractivity contribution in [3.63, 3.8) is 0 Å². The Hall–Kier alpha value is -4.13. The maximum Gasteiger partial charge on any atom is 0.407 e. The lowest BCUT2D eigenvalue weighted by Gasteiger charge is -2.20. The summed E-state index contributed by atoms with van der Waals surface area (Å²) in [6.07, 6.45) is -1.51. The van der Waals surface area contributed by atoms with Gasteiger partial charge in [-0.15, -0.1) is 0 Å². The average molecular weight is 444 g/mol. The summed E-state index contributed by atoms with van der Waals surface area (Å²) in [6, 6.07) is 23.1. The molecule has 3 aromatic carbocycles. The van der Waals surface area contributed by atoms with Gasteiger partial charge in [-0.3, -0.25) is 4.79 Å². The largest absolute Gasteiger partial charge is 0.548 e. The maximum absolute atomic E-state index is 12.3. The van der Waals surface area contributed by atoms with Crippen molar-refractivity contribution in [2.24, 2.45) is 0 Å². The van der Waals surface area contributed by atoms with Crippen LogP contribution < -0.4 is 10.4 Å². The van der Waals surface area contributed by atoms with Gasteiger partial charge in [0, 0.05) is 5.92 Å². The second kappa shape index (κ2) is 9.99. The van der Waals surface area contributed by atoms with Crippen molar-refractivity contribution in [3.8, 4) is 11.1 Å². The molecule has 1 unspecified atom stereocenters. The lowest BCUT2D eigenvalue weighted by Crippen LogP contribution is -2.49. The Bertz CT molecular complexity index is 1110. The number of hydrogen-bond acceptors (Lipinski definition) is 6. The fourth-order valence-electron chi connectivity index (χ4n) is 3.94. The normalized spacial score (nSPS) is 12.8. The Labute approximate surface area is 191 Å². The third kappa shape index (κ3) is 5.20. The molecule has 0 aromatic heterocycles. The first kappa shape index (κ1) is 22.1. The molecule has 168 valence electrons. The summed E-state index contributed by atoms with van der Waals surface area (Å²) >= 11 is 0. The summed E-state index contributed by atoms with van der Waals surface area (Å²) in [4.78, 5) is 35.8. The maximum atomic E-state index is 12.3. The van der Waals surface area contributed by atoms with E-state index in [1.165, 1.54) is 0 Å². The van der Waals surface area contributed by atoms with E-state index in [1.54, 1.807) is 24.3 Å². The number of amides is 1. The first-order chi connectivity index (χ1) is 16.0. The van der Waals surface area contributed by atoms with Crippen molar-refractivity contribution in [2.75, 3.05) is 6.61 Å². The highest BCUT2D eigenvalue weighted by atomic mass is 16.6. The van der Waals surface area contributed by atoms with Crippen LogP contribution in [-0.4, -0.2) is 30.7 Å². The molecule has 4 rings (SSSR count). The number of carbonyl (C=O) groups is 3. The Morgan fingerprint density at radius 2 is 1.39 bits per heavy atom. The quantitative estimate of drug-likeness (QED) is 0.536. The number of ether oxygens (including phenoxy) is 2. The van der Waals surface area contributed by atoms with Gasteiger partial charge in [0.1, 0.15) is 13.2 Å². The van der Waals surface area contributed by atoms with Gasteiger partial charge in [0.25, 0.3) is 0 Å². The third-order valence-electron chi connectivity index (χ3n) is 5.53. The third-order valence-corrected chi connectivity index (χ3v) is 5.53. The van der Waals surface area contributed by atoms with Crippen molar-refractivity contribution < 1.29 is 29.0 Å². The predicted octanol–water partition coefficient (Wildman–Crippen LogP) is 2.78. The molecule has 0 saturated carbocycles. The average Bonchev–Trinajstić information content (AvgIpc) is 3.15. The van der Waals surface area contributed by atoms with Crippen LogP contribution in [0.5, 0.6) is 0 Å². The van der Waals surface area contributed by atoms with Gasteiger partial charge < -0.3 is 24.7 Å². The zero-order valence-electron chi connectivity index (χ0n) is 17.7. The van der Waals surface area contributed by atoms with E-state index >= 15 is 0 Å². The Balaban J connectivity index is 1.33. The minimum absolute atomic E-state index is 0.00435. The second-order valence-corrected chi connectivity index (χ2v) is 7.69. The molecule has 3 aromatic rings. The van der Waals surface area contributed by atoms with Crippen LogP contribution in [-0.2, 0) is 25.7 Å². The molecule has 7 nitrogen and oxygen atoms in total. The number of carboxylic acids is 1. The van der Waals surface area contributed by atoms with E-state index in [0.29, 0.717) is 0 Å². The van der Waals surface area contributed by atoms with Gasteiger partial charge in [-0.25, -0.2) is 4.79 Å². The lowest BCUT2D eigenvalue weighted by atomic mass is 9.98. The van der Waals surface area contributed by atoms with Gasteiger partial charge >= 0.3 is 12.1 Å². The van der Waals surface area contributed by atoms with Crippen LogP contribution >= 0.6 is 0 Å². The van der Waals surface area contributed by atoms with Crippen LogP contribution in [0.3, 0.4) is 0 Å². The molecule has 0 spiro atoms. The van der Waals surface area contributed by atoms with Crippen LogP contribution in [0.25, 0.3) is 11.1 Å². The van der Waals surface area contributed by atoms with Gasteiger partial charge in [0.15, 0.2) is 0 Å². The highest BCUT2D eigenvalue weighted by Crippen LogP contribution is 2.44. The van der Waals surface area contributed by atoms with E-state index in [-0.39, 0.29) is 19.1 Å².